The van der Waals surface area contributed by atoms with Gasteiger partial charge in [-0.3, -0.25) is 0 Å². The van der Waals surface area contributed by atoms with Crippen molar-refractivity contribution < 1.29 is 4.74 Å². The minimum absolute atomic E-state index is 0.401. The van der Waals surface area contributed by atoms with E-state index in [-0.39, 0.29) is 0 Å². The van der Waals surface area contributed by atoms with Gasteiger partial charge in [0, 0.05) is 4.83 Å². The largest absolute Gasteiger partial charge is 0.492 e. The molecule has 0 bridgehead atoms. The quantitative estimate of drug-likeness (QED) is 0.723. The zero-order valence-corrected chi connectivity index (χ0v) is 8.97. The predicted octanol–water partition coefficient (Wildman–Crippen LogP) is 3.16. The van der Waals surface area contributed by atoms with Crippen molar-refractivity contribution in [1.29, 1.82) is 0 Å². The van der Waals surface area contributed by atoms with Gasteiger partial charge in [0.2, 0.25) is 0 Å². The summed E-state index contributed by atoms with van der Waals surface area (Å²) >= 11 is 3.43. The molecule has 0 aromatic heterocycles. The van der Waals surface area contributed by atoms with E-state index in [1.54, 1.807) is 0 Å². The molecule has 0 fully saturated rings. The van der Waals surface area contributed by atoms with Crippen molar-refractivity contribution in [3.8, 4) is 5.75 Å². The summed E-state index contributed by atoms with van der Waals surface area (Å²) < 4.78 is 5.50. The van der Waals surface area contributed by atoms with Gasteiger partial charge in [0.1, 0.15) is 12.4 Å². The highest BCUT2D eigenvalue weighted by Crippen LogP contribution is 2.13. The van der Waals surface area contributed by atoms with Crippen LogP contribution in [0.1, 0.15) is 12.5 Å². The Hall–Kier alpha value is -0.500. The molecule has 12 heavy (non-hydrogen) atoms. The molecule has 0 radical (unpaired) electrons. The SMILES string of the molecule is Cc1cccc(OCC(C)Br)c1. The molecule has 66 valence electrons. The summed E-state index contributed by atoms with van der Waals surface area (Å²) in [5, 5.41) is 0. The average molecular weight is 229 g/mol. The van der Waals surface area contributed by atoms with Gasteiger partial charge in [0.25, 0.3) is 0 Å². The first kappa shape index (κ1) is 9.59. The zero-order chi connectivity index (χ0) is 8.97. The Morgan fingerprint density at radius 2 is 2.25 bits per heavy atom. The number of benzene rings is 1. The highest BCUT2D eigenvalue weighted by Gasteiger charge is 1.97. The molecule has 1 unspecified atom stereocenters. The molecule has 2 heteroatoms. The molecule has 1 nitrogen and oxygen atoms in total. The summed E-state index contributed by atoms with van der Waals surface area (Å²) in [6.45, 7) is 4.84. The third-order valence-corrected chi connectivity index (χ3v) is 1.73. The molecule has 1 aromatic carbocycles. The summed E-state index contributed by atoms with van der Waals surface area (Å²) in [7, 11) is 0. The lowest BCUT2D eigenvalue weighted by Gasteiger charge is -2.07. The first-order valence-corrected chi connectivity index (χ1v) is 4.93. The number of hydrogen-bond donors (Lipinski definition) is 0. The van der Waals surface area contributed by atoms with Gasteiger partial charge in [-0.15, -0.1) is 0 Å². The van der Waals surface area contributed by atoms with Crippen molar-refractivity contribution in [2.24, 2.45) is 0 Å². The summed E-state index contributed by atoms with van der Waals surface area (Å²) in [6, 6.07) is 8.08. The van der Waals surface area contributed by atoms with Crippen LogP contribution >= 0.6 is 15.9 Å². The number of hydrogen-bond acceptors (Lipinski definition) is 1. The van der Waals surface area contributed by atoms with Gasteiger partial charge >= 0.3 is 0 Å². The lowest BCUT2D eigenvalue weighted by Crippen LogP contribution is -2.06. The van der Waals surface area contributed by atoms with E-state index in [2.05, 4.69) is 35.8 Å². The third-order valence-electron chi connectivity index (χ3n) is 1.47. The number of alkyl halides is 1. The zero-order valence-electron chi connectivity index (χ0n) is 7.38. The van der Waals surface area contributed by atoms with Crippen molar-refractivity contribution >= 4 is 15.9 Å². The lowest BCUT2D eigenvalue weighted by atomic mass is 10.2. The molecule has 0 N–H and O–H groups in total. The van der Waals surface area contributed by atoms with Crippen LogP contribution < -0.4 is 4.74 Å². The summed E-state index contributed by atoms with van der Waals surface area (Å²) in [4.78, 5) is 0.401. The minimum Gasteiger partial charge on any atom is -0.492 e. The molecule has 0 aliphatic carbocycles. The maximum absolute atomic E-state index is 5.50. The van der Waals surface area contributed by atoms with E-state index in [0.717, 1.165) is 5.75 Å². The average Bonchev–Trinajstić information content (AvgIpc) is 2.01. The van der Waals surface area contributed by atoms with Gasteiger partial charge in [-0.2, -0.15) is 0 Å². The fourth-order valence-corrected chi connectivity index (χ4v) is 1.05. The maximum Gasteiger partial charge on any atom is 0.119 e. The Kier molecular flexibility index (Phi) is 3.60. The minimum atomic E-state index is 0.401. The highest BCUT2D eigenvalue weighted by molar-refractivity contribution is 9.09. The van der Waals surface area contributed by atoms with E-state index in [9.17, 15) is 0 Å². The molecule has 0 aliphatic rings. The maximum atomic E-state index is 5.50. The molecular weight excluding hydrogens is 216 g/mol. The van der Waals surface area contributed by atoms with Gasteiger partial charge in [-0.1, -0.05) is 28.1 Å². The molecular formula is C10H13BrO. The Morgan fingerprint density at radius 1 is 1.50 bits per heavy atom. The van der Waals surface area contributed by atoms with Crippen molar-refractivity contribution in [3.63, 3.8) is 0 Å². The van der Waals surface area contributed by atoms with Crippen LogP contribution in [0.15, 0.2) is 24.3 Å². The van der Waals surface area contributed by atoms with E-state index in [0.29, 0.717) is 11.4 Å². The summed E-state index contributed by atoms with van der Waals surface area (Å²) in [5.74, 6) is 0.946. The van der Waals surface area contributed by atoms with Crippen LogP contribution in [-0.4, -0.2) is 11.4 Å². The lowest BCUT2D eigenvalue weighted by molar-refractivity contribution is 0.324. The summed E-state index contributed by atoms with van der Waals surface area (Å²) in [6.07, 6.45) is 0. The second kappa shape index (κ2) is 4.51. The van der Waals surface area contributed by atoms with Crippen molar-refractivity contribution in [3.05, 3.63) is 29.8 Å². The number of ether oxygens (including phenoxy) is 1. The number of rotatable bonds is 3. The molecule has 0 spiro atoms. The first-order valence-electron chi connectivity index (χ1n) is 4.02. The predicted molar refractivity (Wildman–Crippen MR) is 55.1 cm³/mol. The molecule has 1 aromatic rings. The second-order valence-corrected chi connectivity index (χ2v) is 4.47. The fraction of sp³-hybridized carbons (Fsp3) is 0.400. The van der Waals surface area contributed by atoms with Gasteiger partial charge in [-0.05, 0) is 31.5 Å². The summed E-state index contributed by atoms with van der Waals surface area (Å²) in [5.41, 5.74) is 1.23. The van der Waals surface area contributed by atoms with E-state index in [4.69, 9.17) is 4.74 Å². The molecule has 1 atom stereocenters. The normalized spacial score (nSPS) is 12.6. The van der Waals surface area contributed by atoms with E-state index >= 15 is 0 Å². The smallest absolute Gasteiger partial charge is 0.119 e. The van der Waals surface area contributed by atoms with Gasteiger partial charge in [0.15, 0.2) is 0 Å². The van der Waals surface area contributed by atoms with Crippen LogP contribution in [0.3, 0.4) is 0 Å². The van der Waals surface area contributed by atoms with E-state index < -0.39 is 0 Å². The van der Waals surface area contributed by atoms with Crippen LogP contribution in [0.5, 0.6) is 5.75 Å². The molecule has 0 aliphatic heterocycles. The van der Waals surface area contributed by atoms with Gasteiger partial charge in [-0.25, -0.2) is 0 Å². The number of halogens is 1. The van der Waals surface area contributed by atoms with Crippen LogP contribution in [0, 0.1) is 6.92 Å². The number of aryl methyl sites for hydroxylation is 1. The first-order chi connectivity index (χ1) is 5.68. The second-order valence-electron chi connectivity index (χ2n) is 2.91. The molecule has 0 saturated carbocycles. The van der Waals surface area contributed by atoms with Crippen LogP contribution in [0.4, 0.5) is 0 Å². The molecule has 0 amide bonds. The van der Waals surface area contributed by atoms with Crippen molar-refractivity contribution in [2.75, 3.05) is 6.61 Å². The molecule has 0 heterocycles. The van der Waals surface area contributed by atoms with Crippen LogP contribution in [0.25, 0.3) is 0 Å². The highest BCUT2D eigenvalue weighted by atomic mass is 79.9. The fourth-order valence-electron chi connectivity index (χ4n) is 0.916. The topological polar surface area (TPSA) is 9.23 Å². The van der Waals surface area contributed by atoms with E-state index in [1.165, 1.54) is 5.56 Å². The van der Waals surface area contributed by atoms with Gasteiger partial charge < -0.3 is 4.74 Å². The van der Waals surface area contributed by atoms with E-state index in [1.807, 2.05) is 18.2 Å². The van der Waals surface area contributed by atoms with Crippen LogP contribution in [0.2, 0.25) is 0 Å². The monoisotopic (exact) mass is 228 g/mol. The Labute approximate surface area is 81.9 Å². The Morgan fingerprint density at radius 3 is 2.83 bits per heavy atom. The molecule has 0 saturated heterocycles. The Bertz CT molecular complexity index is 245. The standard InChI is InChI=1S/C10H13BrO/c1-8-4-3-5-10(6-8)12-7-9(2)11/h3-6,9H,7H2,1-2H3. The molecule has 1 rings (SSSR count). The third kappa shape index (κ3) is 3.26. The van der Waals surface area contributed by atoms with Gasteiger partial charge in [0.05, 0.1) is 0 Å². The van der Waals surface area contributed by atoms with Crippen molar-refractivity contribution in [2.45, 2.75) is 18.7 Å². The van der Waals surface area contributed by atoms with Crippen molar-refractivity contribution in [1.82, 2.24) is 0 Å². The Balaban J connectivity index is 2.52. The van der Waals surface area contributed by atoms with Crippen LogP contribution in [-0.2, 0) is 0 Å².